The van der Waals surface area contributed by atoms with E-state index in [0.717, 1.165) is 19.5 Å². The van der Waals surface area contributed by atoms with Crippen molar-refractivity contribution in [1.29, 1.82) is 0 Å². The number of carbonyl (C=O) groups excluding carboxylic acids is 1. The Kier molecular flexibility index (Phi) is 5.05. The number of rotatable bonds is 5. The van der Waals surface area contributed by atoms with Crippen LogP contribution in [0.15, 0.2) is 28.8 Å². The molecule has 3 rings (SSSR count). The van der Waals surface area contributed by atoms with Gasteiger partial charge in [0.2, 0.25) is 0 Å². The van der Waals surface area contributed by atoms with Crippen LogP contribution in [0.2, 0.25) is 10.0 Å². The normalized spacial score (nSPS) is 17.2. The van der Waals surface area contributed by atoms with Gasteiger partial charge in [-0.2, -0.15) is 0 Å². The number of benzene rings is 1. The van der Waals surface area contributed by atoms with Crippen molar-refractivity contribution in [1.82, 2.24) is 15.8 Å². The predicted molar refractivity (Wildman–Crippen MR) is 86.0 cm³/mol. The van der Waals surface area contributed by atoms with Gasteiger partial charge in [-0.05, 0) is 25.1 Å². The van der Waals surface area contributed by atoms with E-state index in [0.29, 0.717) is 21.6 Å². The van der Waals surface area contributed by atoms with E-state index >= 15 is 0 Å². The zero-order valence-electron chi connectivity index (χ0n) is 12.1. The highest BCUT2D eigenvalue weighted by Gasteiger charge is 2.20. The Morgan fingerprint density at radius 2 is 2.22 bits per heavy atom. The van der Waals surface area contributed by atoms with Crippen LogP contribution in [-0.4, -0.2) is 30.2 Å². The molecule has 1 unspecified atom stereocenters. The minimum Gasteiger partial charge on any atom is -0.482 e. The van der Waals surface area contributed by atoms with Crippen LogP contribution < -0.4 is 15.4 Å². The van der Waals surface area contributed by atoms with E-state index in [4.69, 9.17) is 32.5 Å². The van der Waals surface area contributed by atoms with Gasteiger partial charge in [0, 0.05) is 18.7 Å². The van der Waals surface area contributed by atoms with Gasteiger partial charge in [0.25, 0.3) is 5.91 Å². The minimum atomic E-state index is -0.260. The van der Waals surface area contributed by atoms with Crippen molar-refractivity contribution in [2.24, 2.45) is 0 Å². The number of amides is 1. The predicted octanol–water partition coefficient (Wildman–Crippen LogP) is 2.65. The molecule has 2 aromatic rings. The third kappa shape index (κ3) is 3.96. The monoisotopic (exact) mass is 355 g/mol. The van der Waals surface area contributed by atoms with Gasteiger partial charge >= 0.3 is 0 Å². The number of halogens is 2. The summed E-state index contributed by atoms with van der Waals surface area (Å²) < 4.78 is 10.7. The van der Waals surface area contributed by atoms with Crippen molar-refractivity contribution in [3.05, 3.63) is 45.8 Å². The first-order chi connectivity index (χ1) is 11.1. The molecule has 1 aromatic carbocycles. The van der Waals surface area contributed by atoms with Crippen molar-refractivity contribution >= 4 is 29.1 Å². The van der Waals surface area contributed by atoms with E-state index in [9.17, 15) is 4.79 Å². The molecule has 1 aliphatic rings. The molecule has 1 aliphatic heterocycles. The quantitative estimate of drug-likeness (QED) is 0.862. The number of hydrogen-bond acceptors (Lipinski definition) is 5. The fourth-order valence-electron chi connectivity index (χ4n) is 2.29. The van der Waals surface area contributed by atoms with Crippen molar-refractivity contribution in [2.45, 2.75) is 19.1 Å². The zero-order chi connectivity index (χ0) is 16.2. The molecule has 23 heavy (non-hydrogen) atoms. The highest BCUT2D eigenvalue weighted by atomic mass is 35.5. The number of ether oxygens (including phenoxy) is 1. The Bertz CT molecular complexity index is 679. The zero-order valence-corrected chi connectivity index (χ0v) is 13.7. The van der Waals surface area contributed by atoms with Crippen LogP contribution in [0.5, 0.6) is 5.75 Å². The first-order valence-corrected chi connectivity index (χ1v) is 7.93. The van der Waals surface area contributed by atoms with Crippen molar-refractivity contribution in [3.8, 4) is 5.75 Å². The summed E-state index contributed by atoms with van der Waals surface area (Å²) in [6.45, 7) is 1.75. The van der Waals surface area contributed by atoms with Gasteiger partial charge in [0.15, 0.2) is 17.2 Å². The summed E-state index contributed by atoms with van der Waals surface area (Å²) in [5, 5.41) is 10.6. The van der Waals surface area contributed by atoms with Crippen molar-refractivity contribution < 1.29 is 14.1 Å². The molecule has 1 aromatic heterocycles. The maximum absolute atomic E-state index is 12.1. The molecule has 1 atom stereocenters. The lowest BCUT2D eigenvalue weighted by Crippen LogP contribution is -2.36. The molecule has 0 spiro atoms. The van der Waals surface area contributed by atoms with E-state index in [-0.39, 0.29) is 24.2 Å². The molecule has 2 N–H and O–H groups in total. The Balaban J connectivity index is 1.59. The first-order valence-electron chi connectivity index (χ1n) is 7.17. The fourth-order valence-corrected chi connectivity index (χ4v) is 2.80. The van der Waals surface area contributed by atoms with E-state index in [1.807, 2.05) is 0 Å². The van der Waals surface area contributed by atoms with Crippen LogP contribution in [0.4, 0.5) is 0 Å². The molecule has 0 radical (unpaired) electrons. The summed E-state index contributed by atoms with van der Waals surface area (Å²) in [7, 11) is 0. The molecule has 1 amide bonds. The Morgan fingerprint density at radius 3 is 2.91 bits per heavy atom. The fraction of sp³-hybridized carbons (Fsp3) is 0.333. The van der Waals surface area contributed by atoms with E-state index in [2.05, 4.69) is 15.8 Å². The Hall–Kier alpha value is -1.76. The van der Waals surface area contributed by atoms with Crippen LogP contribution >= 0.6 is 23.2 Å². The van der Waals surface area contributed by atoms with Crippen LogP contribution in [0, 0.1) is 0 Å². The average Bonchev–Trinajstić information content (AvgIpc) is 3.18. The summed E-state index contributed by atoms with van der Waals surface area (Å²) in [6, 6.07) is 6.75. The SMILES string of the molecule is O=C(NC1CCNC1)c1cc(COc2c(Cl)cccc2Cl)on1. The highest BCUT2D eigenvalue weighted by molar-refractivity contribution is 6.37. The summed E-state index contributed by atoms with van der Waals surface area (Å²) in [6.07, 6.45) is 0.907. The van der Waals surface area contributed by atoms with Crippen LogP contribution in [0.25, 0.3) is 0 Å². The van der Waals surface area contributed by atoms with Gasteiger partial charge in [-0.1, -0.05) is 34.4 Å². The first kappa shape index (κ1) is 16.1. The molecule has 6 nitrogen and oxygen atoms in total. The molecule has 1 saturated heterocycles. The number of para-hydroxylation sites is 1. The van der Waals surface area contributed by atoms with Gasteiger partial charge in [-0.3, -0.25) is 4.79 Å². The Labute approximate surface area is 143 Å². The van der Waals surface area contributed by atoms with Gasteiger partial charge in [-0.15, -0.1) is 0 Å². The van der Waals surface area contributed by atoms with Crippen LogP contribution in [-0.2, 0) is 6.61 Å². The van der Waals surface area contributed by atoms with Crippen LogP contribution in [0.1, 0.15) is 22.7 Å². The second-order valence-corrected chi connectivity index (χ2v) is 6.00. The number of hydrogen-bond donors (Lipinski definition) is 2. The number of nitrogens with one attached hydrogen (secondary N) is 2. The largest absolute Gasteiger partial charge is 0.482 e. The van der Waals surface area contributed by atoms with Gasteiger partial charge in [-0.25, -0.2) is 0 Å². The van der Waals surface area contributed by atoms with Crippen LogP contribution in [0.3, 0.4) is 0 Å². The lowest BCUT2D eigenvalue weighted by Gasteiger charge is -2.08. The lowest BCUT2D eigenvalue weighted by molar-refractivity contribution is 0.0930. The Morgan fingerprint density at radius 1 is 1.43 bits per heavy atom. The standard InChI is InChI=1S/C15H15Cl2N3O3/c16-11-2-1-3-12(17)14(11)22-8-10-6-13(20-23-10)15(21)19-9-4-5-18-7-9/h1-3,6,9,18H,4-5,7-8H2,(H,19,21). The van der Waals surface area contributed by atoms with Crippen molar-refractivity contribution in [3.63, 3.8) is 0 Å². The topological polar surface area (TPSA) is 76.4 Å². The molecule has 0 saturated carbocycles. The number of aromatic nitrogens is 1. The third-order valence-electron chi connectivity index (χ3n) is 3.46. The summed E-state index contributed by atoms with van der Waals surface area (Å²) in [5.41, 5.74) is 0.223. The molecule has 122 valence electrons. The molecular weight excluding hydrogens is 341 g/mol. The molecule has 0 aliphatic carbocycles. The minimum absolute atomic E-state index is 0.0781. The summed E-state index contributed by atoms with van der Waals surface area (Å²) in [5.74, 6) is 0.524. The molecule has 2 heterocycles. The summed E-state index contributed by atoms with van der Waals surface area (Å²) >= 11 is 12.0. The second-order valence-electron chi connectivity index (χ2n) is 5.18. The smallest absolute Gasteiger partial charge is 0.273 e. The molecule has 1 fully saturated rings. The lowest BCUT2D eigenvalue weighted by atomic mass is 10.2. The van der Waals surface area contributed by atoms with Gasteiger partial charge in [0.1, 0.15) is 6.61 Å². The molecule has 0 bridgehead atoms. The second kappa shape index (κ2) is 7.21. The van der Waals surface area contributed by atoms with Crippen molar-refractivity contribution in [2.75, 3.05) is 13.1 Å². The van der Waals surface area contributed by atoms with E-state index in [1.165, 1.54) is 0 Å². The van der Waals surface area contributed by atoms with E-state index in [1.54, 1.807) is 24.3 Å². The third-order valence-corrected chi connectivity index (χ3v) is 4.06. The van der Waals surface area contributed by atoms with Gasteiger partial charge < -0.3 is 19.9 Å². The summed E-state index contributed by atoms with van der Waals surface area (Å²) in [4.78, 5) is 12.1. The maximum Gasteiger partial charge on any atom is 0.273 e. The van der Waals surface area contributed by atoms with E-state index < -0.39 is 0 Å². The highest BCUT2D eigenvalue weighted by Crippen LogP contribution is 2.32. The average molecular weight is 356 g/mol. The van der Waals surface area contributed by atoms with Gasteiger partial charge in [0.05, 0.1) is 10.0 Å². The number of nitrogens with zero attached hydrogens (tertiary/aromatic N) is 1. The number of carbonyl (C=O) groups is 1. The molecular formula is C15H15Cl2N3O3. The maximum atomic E-state index is 12.1. The molecule has 8 heteroatoms.